The van der Waals surface area contributed by atoms with Gasteiger partial charge >= 0.3 is 5.97 Å². The van der Waals surface area contributed by atoms with Gasteiger partial charge in [-0.2, -0.15) is 0 Å². The van der Waals surface area contributed by atoms with E-state index in [4.69, 9.17) is 15.2 Å². The van der Waals surface area contributed by atoms with Crippen molar-refractivity contribution in [2.75, 3.05) is 20.0 Å². The summed E-state index contributed by atoms with van der Waals surface area (Å²) in [6.45, 7) is 0. The zero-order valence-corrected chi connectivity index (χ0v) is 12.6. The maximum absolute atomic E-state index is 11.6. The van der Waals surface area contributed by atoms with E-state index in [-0.39, 0.29) is 0 Å². The Balaban J connectivity index is 2.32. The minimum absolute atomic E-state index is 0.326. The number of benzene rings is 2. The minimum Gasteiger partial charge on any atom is -0.497 e. The third-order valence-corrected chi connectivity index (χ3v) is 3.56. The quantitative estimate of drug-likeness (QED) is 0.802. The SMILES string of the molecule is COc1ccc(CC(C(=O)O)c2ccc(N)cc2)c(OC)c1. The van der Waals surface area contributed by atoms with Crippen LogP contribution in [0, 0.1) is 0 Å². The van der Waals surface area contributed by atoms with Crippen molar-refractivity contribution in [2.45, 2.75) is 12.3 Å². The Bertz CT molecular complexity index is 652. The molecule has 0 saturated heterocycles. The van der Waals surface area contributed by atoms with Gasteiger partial charge in [0.2, 0.25) is 0 Å². The average molecular weight is 301 g/mol. The van der Waals surface area contributed by atoms with Gasteiger partial charge in [-0.15, -0.1) is 0 Å². The normalized spacial score (nSPS) is 11.7. The van der Waals surface area contributed by atoms with Crippen LogP contribution in [0.25, 0.3) is 0 Å². The molecule has 5 heteroatoms. The van der Waals surface area contributed by atoms with Gasteiger partial charge in [-0.25, -0.2) is 0 Å². The molecule has 0 aliphatic carbocycles. The monoisotopic (exact) mass is 301 g/mol. The lowest BCUT2D eigenvalue weighted by Gasteiger charge is -2.16. The number of hydrogen-bond donors (Lipinski definition) is 2. The zero-order valence-electron chi connectivity index (χ0n) is 12.6. The highest BCUT2D eigenvalue weighted by Crippen LogP contribution is 2.30. The van der Waals surface area contributed by atoms with Gasteiger partial charge in [0, 0.05) is 11.8 Å². The van der Waals surface area contributed by atoms with Gasteiger partial charge in [0.05, 0.1) is 20.1 Å². The molecule has 1 atom stereocenters. The van der Waals surface area contributed by atoms with E-state index in [9.17, 15) is 9.90 Å². The molecule has 0 aromatic heterocycles. The Morgan fingerprint density at radius 1 is 1.14 bits per heavy atom. The molecule has 2 aromatic rings. The maximum atomic E-state index is 11.6. The van der Waals surface area contributed by atoms with Crippen LogP contribution in [-0.4, -0.2) is 25.3 Å². The largest absolute Gasteiger partial charge is 0.497 e. The summed E-state index contributed by atoms with van der Waals surface area (Å²) >= 11 is 0. The highest BCUT2D eigenvalue weighted by atomic mass is 16.5. The van der Waals surface area contributed by atoms with Crippen molar-refractivity contribution >= 4 is 11.7 Å². The van der Waals surface area contributed by atoms with Gasteiger partial charge in [-0.05, 0) is 35.7 Å². The summed E-state index contributed by atoms with van der Waals surface area (Å²) in [4.78, 5) is 11.6. The lowest BCUT2D eigenvalue weighted by molar-refractivity contribution is -0.138. The van der Waals surface area contributed by atoms with E-state index in [1.807, 2.05) is 6.07 Å². The molecule has 0 saturated carbocycles. The molecule has 0 radical (unpaired) electrons. The number of ether oxygens (including phenoxy) is 2. The minimum atomic E-state index is -0.886. The molecule has 0 amide bonds. The Morgan fingerprint density at radius 2 is 1.82 bits per heavy atom. The summed E-state index contributed by atoms with van der Waals surface area (Å²) in [7, 11) is 3.13. The van der Waals surface area contributed by atoms with Gasteiger partial charge in [0.1, 0.15) is 11.5 Å². The fraction of sp³-hybridized carbons (Fsp3) is 0.235. The first-order valence-corrected chi connectivity index (χ1v) is 6.84. The van der Waals surface area contributed by atoms with E-state index >= 15 is 0 Å². The third kappa shape index (κ3) is 3.49. The van der Waals surface area contributed by atoms with Crippen molar-refractivity contribution in [2.24, 2.45) is 0 Å². The zero-order chi connectivity index (χ0) is 16.1. The van der Waals surface area contributed by atoms with Gasteiger partial charge < -0.3 is 20.3 Å². The molecule has 5 nitrogen and oxygen atoms in total. The average Bonchev–Trinajstić information content (AvgIpc) is 2.53. The van der Waals surface area contributed by atoms with E-state index in [0.717, 1.165) is 5.56 Å². The van der Waals surface area contributed by atoms with Crippen LogP contribution in [0.5, 0.6) is 11.5 Å². The number of carboxylic acids is 1. The Morgan fingerprint density at radius 3 is 2.36 bits per heavy atom. The molecule has 2 rings (SSSR count). The number of anilines is 1. The highest BCUT2D eigenvalue weighted by Gasteiger charge is 2.22. The topological polar surface area (TPSA) is 81.8 Å². The van der Waals surface area contributed by atoms with E-state index in [0.29, 0.717) is 29.2 Å². The van der Waals surface area contributed by atoms with Crippen LogP contribution in [0.1, 0.15) is 17.0 Å². The van der Waals surface area contributed by atoms with Crippen molar-refractivity contribution < 1.29 is 19.4 Å². The van der Waals surface area contributed by atoms with E-state index in [1.54, 1.807) is 50.6 Å². The van der Waals surface area contributed by atoms with E-state index < -0.39 is 11.9 Å². The number of methoxy groups -OCH3 is 2. The lowest BCUT2D eigenvalue weighted by atomic mass is 9.91. The van der Waals surface area contributed by atoms with E-state index in [1.165, 1.54) is 0 Å². The van der Waals surface area contributed by atoms with Crippen molar-refractivity contribution in [1.82, 2.24) is 0 Å². The van der Waals surface area contributed by atoms with Crippen molar-refractivity contribution in [3.05, 3.63) is 53.6 Å². The number of hydrogen-bond acceptors (Lipinski definition) is 4. The highest BCUT2D eigenvalue weighted by molar-refractivity contribution is 5.77. The van der Waals surface area contributed by atoms with Gasteiger partial charge in [0.25, 0.3) is 0 Å². The number of carbonyl (C=O) groups is 1. The van der Waals surface area contributed by atoms with Crippen LogP contribution in [0.2, 0.25) is 0 Å². The fourth-order valence-corrected chi connectivity index (χ4v) is 2.32. The fourth-order valence-electron chi connectivity index (χ4n) is 2.32. The molecule has 0 spiro atoms. The molecular weight excluding hydrogens is 282 g/mol. The van der Waals surface area contributed by atoms with Crippen molar-refractivity contribution in [3.8, 4) is 11.5 Å². The second kappa shape index (κ2) is 6.85. The number of nitrogens with two attached hydrogens (primary N) is 1. The maximum Gasteiger partial charge on any atom is 0.311 e. The second-order valence-corrected chi connectivity index (χ2v) is 4.94. The molecule has 0 heterocycles. The van der Waals surface area contributed by atoms with Crippen molar-refractivity contribution in [1.29, 1.82) is 0 Å². The molecule has 0 fully saturated rings. The molecule has 3 N–H and O–H groups in total. The molecule has 1 unspecified atom stereocenters. The molecule has 116 valence electrons. The van der Waals surface area contributed by atoms with Crippen LogP contribution in [-0.2, 0) is 11.2 Å². The molecule has 2 aromatic carbocycles. The standard InChI is InChI=1S/C17H19NO4/c1-21-14-8-5-12(16(10-14)22-2)9-15(17(19)20)11-3-6-13(18)7-4-11/h3-8,10,15H,9,18H2,1-2H3,(H,19,20). The second-order valence-electron chi connectivity index (χ2n) is 4.94. The van der Waals surface area contributed by atoms with E-state index in [2.05, 4.69) is 0 Å². The Hall–Kier alpha value is -2.69. The predicted octanol–water partition coefficient (Wildman–Crippen LogP) is 2.70. The van der Waals surface area contributed by atoms with Crippen LogP contribution in [0.4, 0.5) is 5.69 Å². The third-order valence-electron chi connectivity index (χ3n) is 3.56. The summed E-state index contributed by atoms with van der Waals surface area (Å²) in [5, 5.41) is 9.52. The molecule has 0 aliphatic rings. The first-order valence-electron chi connectivity index (χ1n) is 6.84. The first kappa shape index (κ1) is 15.7. The van der Waals surface area contributed by atoms with Crippen molar-refractivity contribution in [3.63, 3.8) is 0 Å². The van der Waals surface area contributed by atoms with Crippen LogP contribution < -0.4 is 15.2 Å². The van der Waals surface area contributed by atoms with Crippen LogP contribution in [0.3, 0.4) is 0 Å². The van der Waals surface area contributed by atoms with Gasteiger partial charge in [-0.3, -0.25) is 4.79 Å². The summed E-state index contributed by atoms with van der Waals surface area (Å²) in [5.41, 5.74) is 7.78. The first-order chi connectivity index (χ1) is 10.5. The number of aliphatic carboxylic acids is 1. The number of nitrogen functional groups attached to an aromatic ring is 1. The van der Waals surface area contributed by atoms with Gasteiger partial charge in [0.15, 0.2) is 0 Å². The number of rotatable bonds is 6. The van der Waals surface area contributed by atoms with Gasteiger partial charge in [-0.1, -0.05) is 18.2 Å². The smallest absolute Gasteiger partial charge is 0.311 e. The molecule has 0 bridgehead atoms. The number of carboxylic acid groups (broad SMARTS) is 1. The summed E-state index contributed by atoms with van der Waals surface area (Å²) < 4.78 is 10.5. The Labute approximate surface area is 129 Å². The molecule has 0 aliphatic heterocycles. The summed E-state index contributed by atoms with van der Waals surface area (Å²) in [6.07, 6.45) is 0.326. The Kier molecular flexibility index (Phi) is 4.88. The summed E-state index contributed by atoms with van der Waals surface area (Å²) in [6, 6.07) is 12.3. The lowest BCUT2D eigenvalue weighted by Crippen LogP contribution is -2.15. The molecular formula is C17H19NO4. The van der Waals surface area contributed by atoms with Crippen LogP contribution in [0.15, 0.2) is 42.5 Å². The predicted molar refractivity (Wildman–Crippen MR) is 84.5 cm³/mol. The summed E-state index contributed by atoms with van der Waals surface area (Å²) in [5.74, 6) is -0.272. The molecule has 22 heavy (non-hydrogen) atoms. The van der Waals surface area contributed by atoms with Crippen LogP contribution >= 0.6 is 0 Å².